The third kappa shape index (κ3) is 7.30. The molecular weight excluding hydrogens is 496 g/mol. The van der Waals surface area contributed by atoms with Gasteiger partial charge in [0.25, 0.3) is 0 Å². The molecule has 0 saturated carbocycles. The maximum absolute atomic E-state index is 13.3. The number of nitrogens with one attached hydrogen (secondary N) is 2. The first-order valence-electron chi connectivity index (χ1n) is 10.1. The van der Waals surface area contributed by atoms with Crippen molar-refractivity contribution in [1.82, 2.24) is 15.6 Å². The molecule has 3 rings (SSSR count). The fraction of sp³-hybridized carbons (Fsp3) is 0.455. The van der Waals surface area contributed by atoms with Gasteiger partial charge in [-0.1, -0.05) is 12.1 Å². The van der Waals surface area contributed by atoms with Crippen LogP contribution in [0.15, 0.2) is 47.6 Å². The second-order valence-electron chi connectivity index (χ2n) is 7.44. The lowest BCUT2D eigenvalue weighted by Gasteiger charge is -2.34. The van der Waals surface area contributed by atoms with Crippen LogP contribution in [0.2, 0.25) is 0 Å². The third-order valence-electron chi connectivity index (χ3n) is 4.97. The Morgan fingerprint density at radius 1 is 1.30 bits per heavy atom. The molecule has 1 aromatic heterocycles. The van der Waals surface area contributed by atoms with Crippen molar-refractivity contribution in [2.45, 2.75) is 38.8 Å². The monoisotopic (exact) mass is 527 g/mol. The van der Waals surface area contributed by atoms with Gasteiger partial charge < -0.3 is 20.3 Å². The number of aromatic nitrogens is 1. The minimum Gasteiger partial charge on any atom is -0.489 e. The van der Waals surface area contributed by atoms with Gasteiger partial charge >= 0.3 is 0 Å². The van der Waals surface area contributed by atoms with Gasteiger partial charge in [0.05, 0.1) is 6.54 Å². The Balaban J connectivity index is 0.00000320. The second kappa shape index (κ2) is 11.9. The third-order valence-corrected chi connectivity index (χ3v) is 4.97. The van der Waals surface area contributed by atoms with Crippen molar-refractivity contribution in [3.05, 3.63) is 54.0 Å². The molecule has 0 spiro atoms. The highest BCUT2D eigenvalue weighted by atomic mass is 127. The molecule has 1 saturated heterocycles. The number of rotatable bonds is 6. The molecule has 0 aliphatic carbocycles. The molecule has 0 radical (unpaired) electrons. The fourth-order valence-electron chi connectivity index (χ4n) is 3.34. The minimum atomic E-state index is -0.299. The summed E-state index contributed by atoms with van der Waals surface area (Å²) in [5, 5.41) is 6.79. The standard InChI is InChI=1S/C22H30FN5O.HI/c1-16-7-8-21(25-14-16)28-11-9-19(10-12-28)27-22(24-3)26-15-17(2)29-20-6-4-5-18(23)13-20;/h4-8,13-14,17,19H,9-12,15H2,1-3H3,(H2,24,26,27);1H. The van der Waals surface area contributed by atoms with Crippen LogP contribution in [0.4, 0.5) is 10.2 Å². The van der Waals surface area contributed by atoms with Gasteiger partial charge in [-0.3, -0.25) is 4.99 Å². The number of aliphatic imine (C=N–C) groups is 1. The topological polar surface area (TPSA) is 61.8 Å². The van der Waals surface area contributed by atoms with E-state index in [1.807, 2.05) is 13.1 Å². The van der Waals surface area contributed by atoms with Gasteiger partial charge in [-0.2, -0.15) is 0 Å². The molecule has 1 aliphatic rings. The predicted octanol–water partition coefficient (Wildman–Crippen LogP) is 3.75. The largest absolute Gasteiger partial charge is 0.489 e. The smallest absolute Gasteiger partial charge is 0.191 e. The summed E-state index contributed by atoms with van der Waals surface area (Å²) in [4.78, 5) is 11.2. The van der Waals surface area contributed by atoms with E-state index in [1.165, 1.54) is 17.7 Å². The van der Waals surface area contributed by atoms with Gasteiger partial charge in [-0.05, 0) is 50.5 Å². The van der Waals surface area contributed by atoms with E-state index < -0.39 is 0 Å². The molecule has 0 bridgehead atoms. The lowest BCUT2D eigenvalue weighted by Crippen LogP contribution is -2.50. The zero-order chi connectivity index (χ0) is 20.6. The maximum Gasteiger partial charge on any atom is 0.191 e. The van der Waals surface area contributed by atoms with Gasteiger partial charge in [-0.25, -0.2) is 9.37 Å². The first-order chi connectivity index (χ1) is 14.0. The molecule has 0 amide bonds. The molecule has 1 unspecified atom stereocenters. The van der Waals surface area contributed by atoms with Crippen LogP contribution in [0.25, 0.3) is 0 Å². The van der Waals surface area contributed by atoms with Crippen LogP contribution in [0.1, 0.15) is 25.3 Å². The van der Waals surface area contributed by atoms with Crippen LogP contribution < -0.4 is 20.3 Å². The second-order valence-corrected chi connectivity index (χ2v) is 7.44. The van der Waals surface area contributed by atoms with Crippen molar-refractivity contribution in [3.8, 4) is 5.75 Å². The molecule has 1 atom stereocenters. The number of guanidine groups is 1. The molecule has 2 N–H and O–H groups in total. The summed E-state index contributed by atoms with van der Waals surface area (Å²) in [6.45, 7) is 6.49. The number of piperidine rings is 1. The highest BCUT2D eigenvalue weighted by molar-refractivity contribution is 14.0. The van der Waals surface area contributed by atoms with Crippen molar-refractivity contribution < 1.29 is 9.13 Å². The molecule has 1 aromatic carbocycles. The van der Waals surface area contributed by atoms with Crippen molar-refractivity contribution in [3.63, 3.8) is 0 Å². The van der Waals surface area contributed by atoms with Crippen LogP contribution in [0.5, 0.6) is 5.75 Å². The van der Waals surface area contributed by atoms with E-state index in [-0.39, 0.29) is 35.9 Å². The zero-order valence-corrected chi connectivity index (χ0v) is 20.1. The summed E-state index contributed by atoms with van der Waals surface area (Å²) in [6, 6.07) is 10.7. The van der Waals surface area contributed by atoms with E-state index in [0.717, 1.165) is 37.7 Å². The number of nitrogens with zero attached hydrogens (tertiary/aromatic N) is 3. The number of hydrogen-bond donors (Lipinski definition) is 2. The Morgan fingerprint density at radius 3 is 2.70 bits per heavy atom. The van der Waals surface area contributed by atoms with Gasteiger partial charge in [0.1, 0.15) is 23.5 Å². The molecule has 2 aromatic rings. The van der Waals surface area contributed by atoms with Gasteiger partial charge in [-0.15, -0.1) is 24.0 Å². The number of anilines is 1. The summed E-state index contributed by atoms with van der Waals surface area (Å²) in [6.07, 6.45) is 3.83. The Hall–Kier alpha value is -2.10. The lowest BCUT2D eigenvalue weighted by atomic mass is 10.1. The summed E-state index contributed by atoms with van der Waals surface area (Å²) < 4.78 is 19.0. The lowest BCUT2D eigenvalue weighted by molar-refractivity contribution is 0.222. The molecule has 1 aliphatic heterocycles. The number of halogens is 2. The maximum atomic E-state index is 13.3. The average molecular weight is 527 g/mol. The summed E-state index contributed by atoms with van der Waals surface area (Å²) in [5.41, 5.74) is 1.18. The zero-order valence-electron chi connectivity index (χ0n) is 17.8. The van der Waals surface area contributed by atoms with Crippen molar-refractivity contribution in [2.24, 2.45) is 4.99 Å². The first-order valence-corrected chi connectivity index (χ1v) is 10.1. The van der Waals surface area contributed by atoms with Crippen molar-refractivity contribution in [1.29, 1.82) is 0 Å². The summed E-state index contributed by atoms with van der Waals surface area (Å²) >= 11 is 0. The number of aryl methyl sites for hydroxylation is 1. The van der Waals surface area contributed by atoms with Crippen molar-refractivity contribution in [2.75, 3.05) is 31.6 Å². The number of benzene rings is 1. The Morgan fingerprint density at radius 2 is 2.07 bits per heavy atom. The Kier molecular flexibility index (Phi) is 9.61. The Labute approximate surface area is 195 Å². The van der Waals surface area contributed by atoms with Gasteiger partial charge in [0, 0.05) is 38.4 Å². The van der Waals surface area contributed by atoms with E-state index in [0.29, 0.717) is 18.3 Å². The number of ether oxygens (including phenoxy) is 1. The first kappa shape index (κ1) is 24.2. The molecular formula is C22H31FIN5O. The highest BCUT2D eigenvalue weighted by Crippen LogP contribution is 2.18. The molecule has 30 heavy (non-hydrogen) atoms. The SMILES string of the molecule is CN=C(NCC(C)Oc1cccc(F)c1)NC1CCN(c2ccc(C)cn2)CC1.I. The summed E-state index contributed by atoms with van der Waals surface area (Å²) in [5.74, 6) is 2.03. The highest BCUT2D eigenvalue weighted by Gasteiger charge is 2.21. The van der Waals surface area contributed by atoms with Crippen LogP contribution in [0, 0.1) is 12.7 Å². The van der Waals surface area contributed by atoms with E-state index in [1.54, 1.807) is 19.2 Å². The fourth-order valence-corrected chi connectivity index (χ4v) is 3.34. The predicted molar refractivity (Wildman–Crippen MR) is 131 cm³/mol. The number of hydrogen-bond acceptors (Lipinski definition) is 4. The molecule has 164 valence electrons. The Bertz CT molecular complexity index is 809. The quantitative estimate of drug-likeness (QED) is 0.341. The average Bonchev–Trinajstić information content (AvgIpc) is 2.72. The summed E-state index contributed by atoms with van der Waals surface area (Å²) in [7, 11) is 1.76. The molecule has 1 fully saturated rings. The number of pyridine rings is 1. The normalized spacial score (nSPS) is 15.9. The van der Waals surface area contributed by atoms with E-state index >= 15 is 0 Å². The van der Waals surface area contributed by atoms with Gasteiger partial charge in [0.2, 0.25) is 0 Å². The minimum absolute atomic E-state index is 0. The molecule has 8 heteroatoms. The van der Waals surface area contributed by atoms with E-state index in [4.69, 9.17) is 4.74 Å². The van der Waals surface area contributed by atoms with E-state index in [2.05, 4.69) is 44.6 Å². The van der Waals surface area contributed by atoms with Crippen molar-refractivity contribution >= 4 is 35.8 Å². The molecule has 2 heterocycles. The molecule has 6 nitrogen and oxygen atoms in total. The van der Waals surface area contributed by atoms with Crippen LogP contribution in [-0.2, 0) is 0 Å². The van der Waals surface area contributed by atoms with Crippen LogP contribution in [-0.4, -0.2) is 49.8 Å². The van der Waals surface area contributed by atoms with Gasteiger partial charge in [0.15, 0.2) is 5.96 Å². The van der Waals surface area contributed by atoms with E-state index in [9.17, 15) is 4.39 Å². The van der Waals surface area contributed by atoms with Crippen LogP contribution >= 0.6 is 24.0 Å². The van der Waals surface area contributed by atoms with Crippen LogP contribution in [0.3, 0.4) is 0 Å².